The summed E-state index contributed by atoms with van der Waals surface area (Å²) < 4.78 is 51.5. The van der Waals surface area contributed by atoms with E-state index in [2.05, 4.69) is 6.07 Å². The summed E-state index contributed by atoms with van der Waals surface area (Å²) in [6, 6.07) is 11.0. The Labute approximate surface area is 144 Å². The Hall–Kier alpha value is -2.78. The number of halogens is 2. The summed E-state index contributed by atoms with van der Waals surface area (Å²) >= 11 is 0. The molecule has 25 heavy (non-hydrogen) atoms. The molecule has 0 heterocycles. The van der Waals surface area contributed by atoms with E-state index in [0.717, 1.165) is 29.5 Å². The Morgan fingerprint density at radius 1 is 1.08 bits per heavy atom. The quantitative estimate of drug-likeness (QED) is 0.831. The number of rotatable bonds is 3. The van der Waals surface area contributed by atoms with Crippen LogP contribution in [0.4, 0.5) is 8.78 Å². The van der Waals surface area contributed by atoms with Crippen LogP contribution >= 0.6 is 0 Å². The van der Waals surface area contributed by atoms with E-state index in [4.69, 9.17) is 5.26 Å². The largest absolute Gasteiger partial charge is 0.224 e. The molecule has 2 aromatic carbocycles. The number of hydrogen-bond acceptors (Lipinski definition) is 3. The minimum Gasteiger partial charge on any atom is -0.224 e. The van der Waals surface area contributed by atoms with E-state index in [9.17, 15) is 17.2 Å². The summed E-state index contributed by atoms with van der Waals surface area (Å²) in [5.74, 6) is -2.22. The Bertz CT molecular complexity index is 1050. The Kier molecular flexibility index (Phi) is 4.27. The lowest BCUT2D eigenvalue weighted by Gasteiger charge is -2.11. The molecule has 0 atom stereocenters. The highest BCUT2D eigenvalue weighted by atomic mass is 32.2. The lowest BCUT2D eigenvalue weighted by atomic mass is 9.95. The van der Waals surface area contributed by atoms with Gasteiger partial charge in [-0.3, -0.25) is 0 Å². The molecule has 0 radical (unpaired) electrons. The second-order valence-corrected chi connectivity index (χ2v) is 7.69. The topological polar surface area (TPSA) is 57.9 Å². The van der Waals surface area contributed by atoms with Gasteiger partial charge in [0.15, 0.2) is 9.84 Å². The molecule has 3 rings (SSSR count). The van der Waals surface area contributed by atoms with E-state index in [0.29, 0.717) is 17.6 Å². The van der Waals surface area contributed by atoms with Crippen molar-refractivity contribution in [2.45, 2.75) is 11.3 Å². The monoisotopic (exact) mass is 357 g/mol. The SMILES string of the molecule is CS(=O)(=O)c1c(F)cc(C2=C(c3cccc(C#N)c3)C=CC2)cc1F. The van der Waals surface area contributed by atoms with E-state index in [1.807, 2.05) is 18.2 Å². The summed E-state index contributed by atoms with van der Waals surface area (Å²) in [4.78, 5) is -0.921. The Balaban J connectivity index is 2.17. The van der Waals surface area contributed by atoms with Crippen molar-refractivity contribution in [3.05, 3.63) is 76.9 Å². The molecular weight excluding hydrogens is 344 g/mol. The van der Waals surface area contributed by atoms with Crippen molar-refractivity contribution in [1.29, 1.82) is 5.26 Å². The van der Waals surface area contributed by atoms with Gasteiger partial charge in [0.1, 0.15) is 16.5 Å². The van der Waals surface area contributed by atoms with Gasteiger partial charge in [-0.25, -0.2) is 17.2 Å². The van der Waals surface area contributed by atoms with E-state index >= 15 is 0 Å². The summed E-state index contributed by atoms with van der Waals surface area (Å²) in [5.41, 5.74) is 2.95. The first-order valence-corrected chi connectivity index (χ1v) is 9.30. The maximum absolute atomic E-state index is 14.2. The van der Waals surface area contributed by atoms with Gasteiger partial charge in [-0.05, 0) is 53.0 Å². The fourth-order valence-electron chi connectivity index (χ4n) is 2.89. The average Bonchev–Trinajstić information content (AvgIpc) is 3.02. The predicted octanol–water partition coefficient (Wildman–Crippen LogP) is 4.11. The predicted molar refractivity (Wildman–Crippen MR) is 91.2 cm³/mol. The van der Waals surface area contributed by atoms with Gasteiger partial charge in [0.2, 0.25) is 0 Å². The van der Waals surface area contributed by atoms with Crippen molar-refractivity contribution >= 4 is 21.0 Å². The molecule has 0 aromatic heterocycles. The fraction of sp³-hybridized carbons (Fsp3) is 0.105. The first kappa shape index (κ1) is 17.1. The van der Waals surface area contributed by atoms with Gasteiger partial charge in [-0.15, -0.1) is 0 Å². The Morgan fingerprint density at radius 3 is 2.36 bits per heavy atom. The third-order valence-corrected chi connectivity index (χ3v) is 5.08. The zero-order valence-corrected chi connectivity index (χ0v) is 14.1. The second-order valence-electron chi connectivity index (χ2n) is 5.73. The van der Waals surface area contributed by atoms with Gasteiger partial charge in [0.25, 0.3) is 0 Å². The lowest BCUT2D eigenvalue weighted by Crippen LogP contribution is -2.05. The normalized spacial score (nSPS) is 14.0. The molecule has 0 spiro atoms. The lowest BCUT2D eigenvalue weighted by molar-refractivity contribution is 0.520. The van der Waals surface area contributed by atoms with Crippen LogP contribution in [-0.2, 0) is 9.84 Å². The highest BCUT2D eigenvalue weighted by molar-refractivity contribution is 7.90. The van der Waals surface area contributed by atoms with Crippen LogP contribution in [0.25, 0.3) is 11.1 Å². The third-order valence-electron chi connectivity index (χ3n) is 3.95. The number of hydrogen-bond donors (Lipinski definition) is 0. The molecule has 0 aliphatic heterocycles. The molecule has 1 aliphatic carbocycles. The zero-order chi connectivity index (χ0) is 18.2. The molecule has 3 nitrogen and oxygen atoms in total. The number of allylic oxidation sites excluding steroid dienone is 4. The number of nitrogens with zero attached hydrogens (tertiary/aromatic N) is 1. The number of nitriles is 1. The average molecular weight is 357 g/mol. The maximum atomic E-state index is 14.2. The van der Waals surface area contributed by atoms with Gasteiger partial charge >= 0.3 is 0 Å². The summed E-state index contributed by atoms with van der Waals surface area (Å²) in [6.07, 6.45) is 4.91. The molecule has 0 bridgehead atoms. The van der Waals surface area contributed by atoms with E-state index in [-0.39, 0.29) is 5.56 Å². The van der Waals surface area contributed by atoms with Crippen molar-refractivity contribution in [1.82, 2.24) is 0 Å². The van der Waals surface area contributed by atoms with Crippen LogP contribution in [0, 0.1) is 23.0 Å². The maximum Gasteiger partial charge on any atom is 0.181 e. The van der Waals surface area contributed by atoms with E-state index in [1.165, 1.54) is 0 Å². The fourth-order valence-corrected chi connectivity index (χ4v) is 3.72. The van der Waals surface area contributed by atoms with Crippen LogP contribution in [0.15, 0.2) is 53.4 Å². The Morgan fingerprint density at radius 2 is 1.76 bits per heavy atom. The molecule has 0 amide bonds. The standard InChI is InChI=1S/C19H13F2NO2S/c1-25(23,24)19-17(20)9-14(10-18(19)21)16-7-3-6-15(16)13-5-2-4-12(8-13)11-22/h2-6,8-10H,7H2,1H3. The number of benzene rings is 2. The van der Waals surface area contributed by atoms with Crippen LogP contribution in [0.5, 0.6) is 0 Å². The van der Waals surface area contributed by atoms with Gasteiger partial charge < -0.3 is 0 Å². The van der Waals surface area contributed by atoms with E-state index < -0.39 is 26.4 Å². The minimum atomic E-state index is -4.00. The number of sulfone groups is 1. The highest BCUT2D eigenvalue weighted by Gasteiger charge is 2.23. The molecule has 126 valence electrons. The second kappa shape index (κ2) is 6.26. The third kappa shape index (κ3) is 3.24. The van der Waals surface area contributed by atoms with Gasteiger partial charge in [0, 0.05) is 6.26 Å². The van der Waals surface area contributed by atoms with Crippen molar-refractivity contribution in [2.75, 3.05) is 6.26 Å². The molecular formula is C19H13F2NO2S. The summed E-state index contributed by atoms with van der Waals surface area (Å²) in [5, 5.41) is 9.03. The molecule has 0 N–H and O–H groups in total. The molecule has 0 saturated heterocycles. The van der Waals surface area contributed by atoms with Crippen LogP contribution in [0.2, 0.25) is 0 Å². The summed E-state index contributed by atoms with van der Waals surface area (Å²) in [7, 11) is -4.00. The smallest absolute Gasteiger partial charge is 0.181 e. The highest BCUT2D eigenvalue weighted by Crippen LogP contribution is 2.36. The first-order valence-electron chi connectivity index (χ1n) is 7.41. The van der Waals surface area contributed by atoms with Crippen LogP contribution in [-0.4, -0.2) is 14.7 Å². The molecule has 0 unspecified atom stereocenters. The van der Waals surface area contributed by atoms with Crippen molar-refractivity contribution in [2.24, 2.45) is 0 Å². The van der Waals surface area contributed by atoms with E-state index in [1.54, 1.807) is 18.2 Å². The van der Waals surface area contributed by atoms with Crippen molar-refractivity contribution < 1.29 is 17.2 Å². The van der Waals surface area contributed by atoms with Crippen LogP contribution in [0.1, 0.15) is 23.1 Å². The van der Waals surface area contributed by atoms with Gasteiger partial charge in [-0.1, -0.05) is 24.3 Å². The van der Waals surface area contributed by atoms with Gasteiger partial charge in [-0.2, -0.15) is 5.26 Å². The molecule has 0 fully saturated rings. The molecule has 2 aromatic rings. The zero-order valence-electron chi connectivity index (χ0n) is 13.3. The first-order chi connectivity index (χ1) is 11.8. The minimum absolute atomic E-state index is 0.282. The van der Waals surface area contributed by atoms with Gasteiger partial charge in [0.05, 0.1) is 11.6 Å². The molecule has 0 saturated carbocycles. The van der Waals surface area contributed by atoms with Crippen LogP contribution < -0.4 is 0 Å². The summed E-state index contributed by atoms with van der Waals surface area (Å²) in [6.45, 7) is 0. The van der Waals surface area contributed by atoms with Crippen LogP contribution in [0.3, 0.4) is 0 Å². The molecule has 6 heteroatoms. The van der Waals surface area contributed by atoms with Crippen molar-refractivity contribution in [3.63, 3.8) is 0 Å². The van der Waals surface area contributed by atoms with Crippen molar-refractivity contribution in [3.8, 4) is 6.07 Å². The molecule has 1 aliphatic rings.